The third-order valence-corrected chi connectivity index (χ3v) is 4.90. The summed E-state index contributed by atoms with van der Waals surface area (Å²) in [4.78, 5) is 4.20. The average molecular weight is 268 g/mol. The van der Waals surface area contributed by atoms with E-state index in [4.69, 9.17) is 5.73 Å². The topological polar surface area (TPSA) is 82.5 Å². The Bertz CT molecular complexity index is 529. The Morgan fingerprint density at radius 1 is 1.53 bits per heavy atom. The number of nitrogen functional groups attached to an aromatic ring is 1. The number of tetrazole rings is 1. The van der Waals surface area contributed by atoms with Gasteiger partial charge in [0.15, 0.2) is 11.0 Å². The number of hydrogen-bond acceptors (Lipinski definition) is 7. The Balaban J connectivity index is 1.71. The minimum absolute atomic E-state index is 0.522. The molecule has 2 N–H and O–H groups in total. The van der Waals surface area contributed by atoms with Crippen LogP contribution < -0.4 is 5.73 Å². The van der Waals surface area contributed by atoms with Gasteiger partial charge in [-0.05, 0) is 30.2 Å². The second kappa shape index (κ2) is 4.26. The van der Waals surface area contributed by atoms with Crippen LogP contribution in [0.1, 0.15) is 30.4 Å². The molecule has 0 aliphatic heterocycles. The Morgan fingerprint density at radius 2 is 2.35 bits per heavy atom. The molecule has 0 amide bonds. The van der Waals surface area contributed by atoms with Crippen LogP contribution in [0.2, 0.25) is 0 Å². The van der Waals surface area contributed by atoms with Crippen molar-refractivity contribution in [3.63, 3.8) is 0 Å². The van der Waals surface area contributed by atoms with Crippen LogP contribution in [0.3, 0.4) is 0 Å². The van der Waals surface area contributed by atoms with Crippen molar-refractivity contribution in [3.8, 4) is 0 Å². The van der Waals surface area contributed by atoms with Gasteiger partial charge in [-0.1, -0.05) is 11.3 Å². The van der Waals surface area contributed by atoms with Crippen molar-refractivity contribution in [1.29, 1.82) is 0 Å². The highest BCUT2D eigenvalue weighted by molar-refractivity contribution is 8.00. The summed E-state index contributed by atoms with van der Waals surface area (Å²) < 4.78 is 3.08. The molecule has 1 aliphatic rings. The van der Waals surface area contributed by atoms with Crippen LogP contribution in [-0.2, 0) is 5.75 Å². The molecule has 0 radical (unpaired) electrons. The molecule has 3 rings (SSSR count). The molecule has 0 unspecified atom stereocenters. The lowest BCUT2D eigenvalue weighted by Gasteiger charge is -2.01. The molecule has 0 aromatic carbocycles. The molecule has 90 valence electrons. The van der Waals surface area contributed by atoms with E-state index in [0.29, 0.717) is 11.2 Å². The number of nitrogens with zero attached hydrogens (tertiary/aromatic N) is 5. The first-order valence-electron chi connectivity index (χ1n) is 5.36. The summed E-state index contributed by atoms with van der Waals surface area (Å²) in [6, 6.07) is 0.522. The van der Waals surface area contributed by atoms with Gasteiger partial charge >= 0.3 is 0 Å². The van der Waals surface area contributed by atoms with Crippen LogP contribution in [0.25, 0.3) is 0 Å². The quantitative estimate of drug-likeness (QED) is 0.849. The predicted octanol–water partition coefficient (Wildman–Crippen LogP) is 1.65. The Kier molecular flexibility index (Phi) is 2.75. The van der Waals surface area contributed by atoms with E-state index in [1.165, 1.54) is 24.2 Å². The molecule has 2 aromatic rings. The summed E-state index contributed by atoms with van der Waals surface area (Å²) in [6.07, 6.45) is 2.38. The van der Waals surface area contributed by atoms with Crippen molar-refractivity contribution in [2.24, 2.45) is 0 Å². The second-order valence-electron chi connectivity index (χ2n) is 3.98. The molecule has 6 nitrogen and oxygen atoms in total. The van der Waals surface area contributed by atoms with Gasteiger partial charge < -0.3 is 5.73 Å². The average Bonchev–Trinajstić information content (AvgIpc) is 2.94. The maximum atomic E-state index is 5.67. The molecule has 0 bridgehead atoms. The summed E-state index contributed by atoms with van der Waals surface area (Å²) in [7, 11) is 0. The Morgan fingerprint density at radius 3 is 3.00 bits per heavy atom. The van der Waals surface area contributed by atoms with Gasteiger partial charge in [-0.25, -0.2) is 9.67 Å². The summed E-state index contributed by atoms with van der Waals surface area (Å²) in [5, 5.41) is 12.4. The van der Waals surface area contributed by atoms with Gasteiger partial charge in [-0.3, -0.25) is 0 Å². The second-order valence-corrected chi connectivity index (χ2v) is 6.26. The number of aromatic nitrogens is 5. The summed E-state index contributed by atoms with van der Waals surface area (Å²) >= 11 is 3.22. The first-order valence-corrected chi connectivity index (χ1v) is 7.16. The van der Waals surface area contributed by atoms with Crippen molar-refractivity contribution in [2.45, 2.75) is 35.8 Å². The lowest BCUT2D eigenvalue weighted by atomic mass is 10.6. The standard InChI is InChI=1S/C9H12N6S2/c1-5-8(17-9(10)11-5)16-4-7-12-13-14-15(7)6-2-3-6/h6H,2-4H2,1H3,(H2,10,11). The lowest BCUT2D eigenvalue weighted by molar-refractivity contribution is 0.593. The van der Waals surface area contributed by atoms with Crippen molar-refractivity contribution in [1.82, 2.24) is 25.2 Å². The molecule has 2 heterocycles. The molecule has 17 heavy (non-hydrogen) atoms. The number of hydrogen-bond donors (Lipinski definition) is 1. The first kappa shape index (κ1) is 11.0. The van der Waals surface area contributed by atoms with Crippen molar-refractivity contribution < 1.29 is 0 Å². The Hall–Kier alpha value is -1.15. The van der Waals surface area contributed by atoms with E-state index in [-0.39, 0.29) is 0 Å². The van der Waals surface area contributed by atoms with Crippen molar-refractivity contribution in [3.05, 3.63) is 11.5 Å². The van der Waals surface area contributed by atoms with E-state index in [1.54, 1.807) is 11.8 Å². The van der Waals surface area contributed by atoms with E-state index in [2.05, 4.69) is 20.5 Å². The van der Waals surface area contributed by atoms with Gasteiger partial charge in [0.25, 0.3) is 0 Å². The maximum absolute atomic E-state index is 5.67. The molecule has 8 heteroatoms. The summed E-state index contributed by atoms with van der Waals surface area (Å²) in [6.45, 7) is 1.97. The lowest BCUT2D eigenvalue weighted by Crippen LogP contribution is -2.02. The van der Waals surface area contributed by atoms with E-state index < -0.39 is 0 Å². The van der Waals surface area contributed by atoms with Crippen LogP contribution in [0.15, 0.2) is 4.21 Å². The third-order valence-electron chi connectivity index (χ3n) is 2.56. The van der Waals surface area contributed by atoms with Gasteiger partial charge in [0.1, 0.15) is 0 Å². The number of rotatable bonds is 4. The zero-order valence-electron chi connectivity index (χ0n) is 9.33. The molecule has 0 saturated heterocycles. The van der Waals surface area contributed by atoms with Crippen LogP contribution in [0.4, 0.5) is 5.13 Å². The molecule has 0 atom stereocenters. The number of thiazole rings is 1. The van der Waals surface area contributed by atoms with E-state index in [1.807, 2.05) is 11.6 Å². The zero-order valence-corrected chi connectivity index (χ0v) is 11.0. The van der Waals surface area contributed by atoms with E-state index in [0.717, 1.165) is 21.5 Å². The van der Waals surface area contributed by atoms with Gasteiger partial charge in [0, 0.05) is 0 Å². The number of thioether (sulfide) groups is 1. The van der Waals surface area contributed by atoms with Gasteiger partial charge in [0.05, 0.1) is 21.7 Å². The smallest absolute Gasteiger partial charge is 0.181 e. The van der Waals surface area contributed by atoms with Crippen LogP contribution in [0, 0.1) is 6.92 Å². The summed E-state index contributed by atoms with van der Waals surface area (Å²) in [5.74, 6) is 1.70. The van der Waals surface area contributed by atoms with Crippen LogP contribution >= 0.6 is 23.1 Å². The molecule has 2 aromatic heterocycles. The minimum Gasteiger partial charge on any atom is -0.375 e. The highest BCUT2D eigenvalue weighted by Crippen LogP contribution is 2.36. The predicted molar refractivity (Wildman–Crippen MR) is 66.9 cm³/mol. The Labute approximate surface area is 107 Å². The molecular weight excluding hydrogens is 256 g/mol. The fourth-order valence-corrected chi connectivity index (χ4v) is 3.52. The highest BCUT2D eigenvalue weighted by atomic mass is 32.2. The van der Waals surface area contributed by atoms with Gasteiger partial charge in [-0.15, -0.1) is 16.9 Å². The van der Waals surface area contributed by atoms with E-state index >= 15 is 0 Å². The maximum Gasteiger partial charge on any atom is 0.181 e. The van der Waals surface area contributed by atoms with Crippen LogP contribution in [0.5, 0.6) is 0 Å². The minimum atomic E-state index is 0.522. The molecule has 1 fully saturated rings. The molecule has 1 aliphatic carbocycles. The fourth-order valence-electron chi connectivity index (χ4n) is 1.58. The van der Waals surface area contributed by atoms with Crippen LogP contribution in [-0.4, -0.2) is 25.2 Å². The van der Waals surface area contributed by atoms with E-state index in [9.17, 15) is 0 Å². The highest BCUT2D eigenvalue weighted by Gasteiger charge is 2.27. The summed E-state index contributed by atoms with van der Waals surface area (Å²) in [5.41, 5.74) is 6.65. The fraction of sp³-hybridized carbons (Fsp3) is 0.556. The normalized spacial score (nSPS) is 15.4. The molecule has 0 spiro atoms. The number of aryl methyl sites for hydroxylation is 1. The largest absolute Gasteiger partial charge is 0.375 e. The monoisotopic (exact) mass is 268 g/mol. The third kappa shape index (κ3) is 2.27. The zero-order chi connectivity index (χ0) is 11.8. The first-order chi connectivity index (χ1) is 8.24. The molecular formula is C9H12N6S2. The van der Waals surface area contributed by atoms with Crippen molar-refractivity contribution >= 4 is 28.2 Å². The number of nitrogens with two attached hydrogens (primary N) is 1. The molecule has 1 saturated carbocycles. The van der Waals surface area contributed by atoms with Crippen molar-refractivity contribution in [2.75, 3.05) is 5.73 Å². The number of anilines is 1. The SMILES string of the molecule is Cc1nc(N)sc1SCc1nnnn1C1CC1. The van der Waals surface area contributed by atoms with Gasteiger partial charge in [-0.2, -0.15) is 0 Å². The van der Waals surface area contributed by atoms with Gasteiger partial charge in [0.2, 0.25) is 0 Å².